The lowest BCUT2D eigenvalue weighted by atomic mass is 10.1. The van der Waals surface area contributed by atoms with E-state index in [4.69, 9.17) is 11.6 Å². The fourth-order valence-corrected chi connectivity index (χ4v) is 2.78. The maximum absolute atomic E-state index is 11.8. The molecule has 28 heavy (non-hydrogen) atoms. The second-order valence-corrected chi connectivity index (χ2v) is 6.83. The Morgan fingerprint density at radius 1 is 1.11 bits per heavy atom. The second-order valence-electron chi connectivity index (χ2n) is 5.64. The molecule has 142 valence electrons. The van der Waals surface area contributed by atoms with Gasteiger partial charge in [0.1, 0.15) is 18.0 Å². The van der Waals surface area contributed by atoms with Gasteiger partial charge < -0.3 is 16.0 Å². The number of hydrogen-bond donors (Lipinski definition) is 3. The number of hydrogen-bond acceptors (Lipinski definition) is 5. The maximum Gasteiger partial charge on any atom is 0.247 e. The minimum absolute atomic E-state index is 0.215. The van der Waals surface area contributed by atoms with Crippen LogP contribution in [0, 0.1) is 0 Å². The van der Waals surface area contributed by atoms with Crippen LogP contribution < -0.4 is 16.0 Å². The molecule has 2 amide bonds. The average Bonchev–Trinajstić information content (AvgIpc) is 2.70. The van der Waals surface area contributed by atoms with Crippen LogP contribution in [-0.2, 0) is 9.59 Å². The van der Waals surface area contributed by atoms with E-state index in [1.54, 1.807) is 12.1 Å². The minimum Gasteiger partial charge on any atom is -0.340 e. The number of aromatic nitrogens is 2. The standard InChI is InChI=1S/C19H15BrClN5O2/c1-2-17(27)25-15-7-13-14(8-16(15)26-18(28)9-21)22-10-23-19(13)24-12-5-3-11(20)4-6-12/h2-8,10H,1,9H2,(H,25,27)(H,26,28)(H,22,23,24). The molecule has 0 aliphatic rings. The van der Waals surface area contributed by atoms with E-state index in [9.17, 15) is 9.59 Å². The van der Waals surface area contributed by atoms with E-state index in [2.05, 4.69) is 48.4 Å². The van der Waals surface area contributed by atoms with Gasteiger partial charge in [-0.15, -0.1) is 11.6 Å². The van der Waals surface area contributed by atoms with Crippen LogP contribution in [0.15, 0.2) is 59.9 Å². The second kappa shape index (κ2) is 8.81. The number of anilines is 4. The van der Waals surface area contributed by atoms with E-state index in [1.807, 2.05) is 24.3 Å². The van der Waals surface area contributed by atoms with Gasteiger partial charge in [-0.25, -0.2) is 9.97 Å². The molecule has 0 fully saturated rings. The van der Waals surface area contributed by atoms with E-state index in [-0.39, 0.29) is 5.88 Å². The summed E-state index contributed by atoms with van der Waals surface area (Å²) < 4.78 is 0.958. The van der Waals surface area contributed by atoms with Crippen molar-refractivity contribution < 1.29 is 9.59 Å². The first kappa shape index (κ1) is 19.8. The molecular formula is C19H15BrClN5O2. The number of amides is 2. The molecule has 1 aromatic heterocycles. The first-order valence-corrected chi connectivity index (χ1v) is 9.43. The molecule has 3 N–H and O–H groups in total. The van der Waals surface area contributed by atoms with Gasteiger partial charge in [0.25, 0.3) is 0 Å². The van der Waals surface area contributed by atoms with Crippen molar-refractivity contribution >= 4 is 73.1 Å². The van der Waals surface area contributed by atoms with Crippen LogP contribution in [0.3, 0.4) is 0 Å². The quantitative estimate of drug-likeness (QED) is 0.373. The van der Waals surface area contributed by atoms with Gasteiger partial charge in [-0.1, -0.05) is 22.5 Å². The third-order valence-corrected chi connectivity index (χ3v) is 4.49. The number of alkyl halides is 1. The molecule has 7 nitrogen and oxygen atoms in total. The van der Waals surface area contributed by atoms with Gasteiger partial charge in [0.15, 0.2) is 0 Å². The number of fused-ring (bicyclic) bond motifs is 1. The van der Waals surface area contributed by atoms with Crippen molar-refractivity contribution in [2.45, 2.75) is 0 Å². The molecule has 0 atom stereocenters. The Morgan fingerprint density at radius 2 is 1.82 bits per heavy atom. The Balaban J connectivity index is 2.07. The van der Waals surface area contributed by atoms with Crippen LogP contribution >= 0.6 is 27.5 Å². The Hall–Kier alpha value is -2.97. The van der Waals surface area contributed by atoms with Crippen molar-refractivity contribution in [2.24, 2.45) is 0 Å². The molecule has 0 saturated carbocycles. The van der Waals surface area contributed by atoms with E-state index in [0.29, 0.717) is 28.1 Å². The van der Waals surface area contributed by atoms with Crippen LogP contribution in [0.2, 0.25) is 0 Å². The van der Waals surface area contributed by atoms with Crippen molar-refractivity contribution in [2.75, 3.05) is 21.8 Å². The maximum atomic E-state index is 11.8. The Bertz CT molecular complexity index is 1060. The van der Waals surface area contributed by atoms with Gasteiger partial charge in [-0.2, -0.15) is 0 Å². The lowest BCUT2D eigenvalue weighted by molar-refractivity contribution is -0.114. The van der Waals surface area contributed by atoms with Crippen molar-refractivity contribution in [3.05, 3.63) is 59.9 Å². The third-order valence-electron chi connectivity index (χ3n) is 3.72. The monoisotopic (exact) mass is 459 g/mol. The number of nitrogens with one attached hydrogen (secondary N) is 3. The van der Waals surface area contributed by atoms with Crippen LogP contribution in [0.5, 0.6) is 0 Å². The van der Waals surface area contributed by atoms with Crippen LogP contribution in [0.1, 0.15) is 0 Å². The number of benzene rings is 2. The number of carbonyl (C=O) groups excluding carboxylic acids is 2. The van der Waals surface area contributed by atoms with E-state index in [0.717, 1.165) is 16.2 Å². The molecule has 0 aliphatic carbocycles. The normalized spacial score (nSPS) is 10.4. The Kier molecular flexibility index (Phi) is 6.23. The zero-order valence-electron chi connectivity index (χ0n) is 14.5. The van der Waals surface area contributed by atoms with Crippen molar-refractivity contribution in [1.82, 2.24) is 9.97 Å². The minimum atomic E-state index is -0.417. The largest absolute Gasteiger partial charge is 0.340 e. The molecule has 0 saturated heterocycles. The zero-order valence-corrected chi connectivity index (χ0v) is 16.8. The summed E-state index contributed by atoms with van der Waals surface area (Å²) in [5.41, 5.74) is 2.17. The first-order valence-electron chi connectivity index (χ1n) is 8.10. The molecule has 9 heteroatoms. The van der Waals surface area contributed by atoms with Crippen LogP contribution in [0.4, 0.5) is 22.9 Å². The molecule has 0 radical (unpaired) electrons. The Labute approximate surface area is 174 Å². The fourth-order valence-electron chi connectivity index (χ4n) is 2.45. The molecule has 3 aromatic rings. The first-order chi connectivity index (χ1) is 13.5. The van der Waals surface area contributed by atoms with E-state index in [1.165, 1.54) is 6.33 Å². The summed E-state index contributed by atoms with van der Waals surface area (Å²) in [6.07, 6.45) is 2.55. The van der Waals surface area contributed by atoms with Crippen LogP contribution in [-0.4, -0.2) is 27.7 Å². The number of halogens is 2. The van der Waals surface area contributed by atoms with Crippen molar-refractivity contribution in [3.8, 4) is 0 Å². The number of nitrogens with zero attached hydrogens (tertiary/aromatic N) is 2. The zero-order chi connectivity index (χ0) is 20.1. The lowest BCUT2D eigenvalue weighted by Gasteiger charge is -2.14. The van der Waals surface area contributed by atoms with Gasteiger partial charge >= 0.3 is 0 Å². The summed E-state index contributed by atoms with van der Waals surface area (Å²) in [6.45, 7) is 3.44. The summed E-state index contributed by atoms with van der Waals surface area (Å²) in [5, 5.41) is 9.21. The van der Waals surface area contributed by atoms with E-state index < -0.39 is 11.8 Å². The SMILES string of the molecule is C=CC(=O)Nc1cc2c(Nc3ccc(Br)cc3)ncnc2cc1NC(=O)CCl. The van der Waals surface area contributed by atoms with Crippen molar-refractivity contribution in [1.29, 1.82) is 0 Å². The summed E-state index contributed by atoms with van der Waals surface area (Å²) in [4.78, 5) is 32.1. The molecule has 0 bridgehead atoms. The van der Waals surface area contributed by atoms with Crippen molar-refractivity contribution in [3.63, 3.8) is 0 Å². The highest BCUT2D eigenvalue weighted by molar-refractivity contribution is 9.10. The highest BCUT2D eigenvalue weighted by Crippen LogP contribution is 2.32. The fraction of sp³-hybridized carbons (Fsp3) is 0.0526. The third kappa shape index (κ3) is 4.65. The molecule has 0 unspecified atom stereocenters. The highest BCUT2D eigenvalue weighted by Gasteiger charge is 2.13. The van der Waals surface area contributed by atoms with Crippen LogP contribution in [0.25, 0.3) is 10.9 Å². The summed E-state index contributed by atoms with van der Waals surface area (Å²) in [7, 11) is 0. The van der Waals surface area contributed by atoms with Gasteiger partial charge in [0.2, 0.25) is 11.8 Å². The topological polar surface area (TPSA) is 96.0 Å². The lowest BCUT2D eigenvalue weighted by Crippen LogP contribution is -2.16. The number of carbonyl (C=O) groups is 2. The van der Waals surface area contributed by atoms with Gasteiger partial charge in [0, 0.05) is 15.5 Å². The van der Waals surface area contributed by atoms with Gasteiger partial charge in [-0.05, 0) is 42.5 Å². The predicted molar refractivity (Wildman–Crippen MR) is 115 cm³/mol. The molecule has 0 aliphatic heterocycles. The summed E-state index contributed by atoms with van der Waals surface area (Å²) in [5.74, 6) is -0.485. The predicted octanol–water partition coefficient (Wildman–Crippen LogP) is 4.44. The van der Waals surface area contributed by atoms with Gasteiger partial charge in [-0.3, -0.25) is 9.59 Å². The molecule has 3 rings (SSSR count). The molecule has 1 heterocycles. The molecular weight excluding hydrogens is 446 g/mol. The van der Waals surface area contributed by atoms with Gasteiger partial charge in [0.05, 0.1) is 16.9 Å². The highest BCUT2D eigenvalue weighted by atomic mass is 79.9. The molecule has 0 spiro atoms. The Morgan fingerprint density at radius 3 is 2.50 bits per heavy atom. The summed E-state index contributed by atoms with van der Waals surface area (Å²) in [6, 6.07) is 10.9. The smallest absolute Gasteiger partial charge is 0.247 e. The van der Waals surface area contributed by atoms with E-state index >= 15 is 0 Å². The summed E-state index contributed by atoms with van der Waals surface area (Å²) >= 11 is 8.98. The molecule has 2 aromatic carbocycles. The number of rotatable bonds is 6. The average molecular weight is 461 g/mol.